The predicted molar refractivity (Wildman–Crippen MR) is 114 cm³/mol. The molecule has 7 nitrogen and oxygen atoms in total. The van der Waals surface area contributed by atoms with Gasteiger partial charge in [-0.15, -0.1) is 11.3 Å². The lowest BCUT2D eigenvalue weighted by Crippen LogP contribution is -2.38. The van der Waals surface area contributed by atoms with Crippen LogP contribution in [-0.2, 0) is 13.0 Å². The number of nitrogens with zero attached hydrogens (tertiary/aromatic N) is 2. The molecule has 0 amide bonds. The van der Waals surface area contributed by atoms with Gasteiger partial charge in [0.1, 0.15) is 5.75 Å². The van der Waals surface area contributed by atoms with Crippen LogP contribution in [0.1, 0.15) is 28.1 Å². The maximum Gasteiger partial charge on any atom is 0.191 e. The van der Waals surface area contributed by atoms with Gasteiger partial charge in [-0.25, -0.2) is 9.98 Å². The zero-order valence-corrected chi connectivity index (χ0v) is 18.3. The number of nitrogens with one attached hydrogen (secondary N) is 2. The van der Waals surface area contributed by atoms with Crippen molar-refractivity contribution in [2.75, 3.05) is 34.4 Å². The first-order chi connectivity index (χ1) is 13.5. The molecule has 2 aromatic rings. The summed E-state index contributed by atoms with van der Waals surface area (Å²) in [6, 6.07) is 3.71. The third-order valence-electron chi connectivity index (χ3n) is 4.24. The first kappa shape index (κ1) is 21.8. The highest BCUT2D eigenvalue weighted by Crippen LogP contribution is 2.34. The monoisotopic (exact) mass is 406 g/mol. The normalized spacial score (nSPS) is 11.3. The van der Waals surface area contributed by atoms with Gasteiger partial charge >= 0.3 is 0 Å². The molecule has 0 aliphatic rings. The molecule has 0 bridgehead atoms. The lowest BCUT2D eigenvalue weighted by molar-refractivity contribution is 0.347. The molecule has 0 aliphatic heterocycles. The molecular formula is C20H30N4O3S. The highest BCUT2D eigenvalue weighted by Gasteiger charge is 2.12. The summed E-state index contributed by atoms with van der Waals surface area (Å²) in [6.07, 6.45) is 0.865. The zero-order chi connectivity index (χ0) is 20.5. The van der Waals surface area contributed by atoms with Crippen molar-refractivity contribution in [3.63, 3.8) is 0 Å². The van der Waals surface area contributed by atoms with E-state index in [4.69, 9.17) is 14.2 Å². The van der Waals surface area contributed by atoms with Crippen molar-refractivity contribution in [2.45, 2.75) is 33.7 Å². The van der Waals surface area contributed by atoms with Crippen LogP contribution >= 0.6 is 11.3 Å². The average molecular weight is 407 g/mol. The Hall–Kier alpha value is -2.48. The number of aryl methyl sites for hydroxylation is 2. The number of hydrogen-bond donors (Lipinski definition) is 2. The summed E-state index contributed by atoms with van der Waals surface area (Å²) in [5.41, 5.74) is 2.03. The molecule has 0 unspecified atom stereocenters. The minimum atomic E-state index is 0.453. The van der Waals surface area contributed by atoms with Gasteiger partial charge < -0.3 is 24.8 Å². The maximum absolute atomic E-state index is 5.48. The molecule has 0 spiro atoms. The second-order valence-electron chi connectivity index (χ2n) is 6.14. The van der Waals surface area contributed by atoms with E-state index < -0.39 is 0 Å². The van der Waals surface area contributed by atoms with E-state index in [0.717, 1.165) is 41.7 Å². The van der Waals surface area contributed by atoms with Crippen molar-refractivity contribution in [2.24, 2.45) is 4.99 Å². The second kappa shape index (κ2) is 10.8. The molecule has 28 heavy (non-hydrogen) atoms. The summed E-state index contributed by atoms with van der Waals surface area (Å²) < 4.78 is 16.2. The number of hydrogen-bond acceptors (Lipinski definition) is 6. The lowest BCUT2D eigenvalue weighted by Gasteiger charge is -2.14. The van der Waals surface area contributed by atoms with Crippen molar-refractivity contribution in [3.05, 3.63) is 33.3 Å². The van der Waals surface area contributed by atoms with E-state index in [1.807, 2.05) is 26.0 Å². The van der Waals surface area contributed by atoms with Crippen LogP contribution in [0.25, 0.3) is 0 Å². The lowest BCUT2D eigenvalue weighted by atomic mass is 10.1. The van der Waals surface area contributed by atoms with Gasteiger partial charge in [0.2, 0.25) is 0 Å². The number of rotatable bonds is 9. The van der Waals surface area contributed by atoms with Gasteiger partial charge in [0.25, 0.3) is 0 Å². The van der Waals surface area contributed by atoms with Crippen LogP contribution in [0.5, 0.6) is 17.2 Å². The van der Waals surface area contributed by atoms with E-state index in [1.54, 1.807) is 32.7 Å². The molecule has 154 valence electrons. The molecule has 0 saturated carbocycles. The van der Waals surface area contributed by atoms with Crippen LogP contribution < -0.4 is 24.8 Å². The standard InChI is InChI=1S/C20H30N4O3S/c1-7-21-20(22-9-8-19-24-13(2)14(3)28-19)23-12-15-10-17(26-5)18(27-6)11-16(15)25-4/h10-11H,7-9,12H2,1-6H3,(H2,21,22,23). The first-order valence-electron chi connectivity index (χ1n) is 9.26. The molecule has 2 N–H and O–H groups in total. The fourth-order valence-electron chi connectivity index (χ4n) is 2.66. The molecular weight excluding hydrogens is 376 g/mol. The third-order valence-corrected chi connectivity index (χ3v) is 5.38. The number of benzene rings is 1. The Balaban J connectivity index is 2.06. The topological polar surface area (TPSA) is 77.0 Å². The fraction of sp³-hybridized carbons (Fsp3) is 0.500. The average Bonchev–Trinajstić information content (AvgIpc) is 3.02. The van der Waals surface area contributed by atoms with E-state index in [9.17, 15) is 0 Å². The Morgan fingerprint density at radius 1 is 1.04 bits per heavy atom. The maximum atomic E-state index is 5.48. The number of methoxy groups -OCH3 is 3. The van der Waals surface area contributed by atoms with Crippen LogP contribution in [0, 0.1) is 13.8 Å². The largest absolute Gasteiger partial charge is 0.496 e. The quantitative estimate of drug-likeness (QED) is 0.492. The van der Waals surface area contributed by atoms with Gasteiger partial charge in [0, 0.05) is 36.0 Å². The summed E-state index contributed by atoms with van der Waals surface area (Å²) in [5.74, 6) is 2.75. The minimum absolute atomic E-state index is 0.453. The Morgan fingerprint density at radius 3 is 2.29 bits per heavy atom. The molecule has 0 aliphatic carbocycles. The molecule has 1 aromatic carbocycles. The SMILES string of the molecule is CCNC(=NCc1cc(OC)c(OC)cc1OC)NCCc1nc(C)c(C)s1. The summed E-state index contributed by atoms with van der Waals surface area (Å²) >= 11 is 1.75. The number of aromatic nitrogens is 1. The van der Waals surface area contributed by atoms with Crippen LogP contribution in [0.2, 0.25) is 0 Å². The van der Waals surface area contributed by atoms with Gasteiger partial charge in [0.05, 0.1) is 38.6 Å². The molecule has 1 heterocycles. The van der Waals surface area contributed by atoms with Crippen LogP contribution in [0.4, 0.5) is 0 Å². The highest BCUT2D eigenvalue weighted by atomic mass is 32.1. The molecule has 8 heteroatoms. The van der Waals surface area contributed by atoms with Crippen LogP contribution in [0.15, 0.2) is 17.1 Å². The Morgan fingerprint density at radius 2 is 1.71 bits per heavy atom. The first-order valence-corrected chi connectivity index (χ1v) is 10.1. The minimum Gasteiger partial charge on any atom is -0.496 e. The van der Waals surface area contributed by atoms with Crippen molar-refractivity contribution in [3.8, 4) is 17.2 Å². The van der Waals surface area contributed by atoms with Gasteiger partial charge in [-0.3, -0.25) is 0 Å². The number of ether oxygens (including phenoxy) is 3. The van der Waals surface area contributed by atoms with Crippen LogP contribution in [-0.4, -0.2) is 45.4 Å². The van der Waals surface area contributed by atoms with E-state index >= 15 is 0 Å². The van der Waals surface area contributed by atoms with E-state index in [2.05, 4.69) is 27.5 Å². The van der Waals surface area contributed by atoms with Gasteiger partial charge in [-0.2, -0.15) is 0 Å². The smallest absolute Gasteiger partial charge is 0.191 e. The van der Waals surface area contributed by atoms with Crippen molar-refractivity contribution in [1.82, 2.24) is 15.6 Å². The second-order valence-corrected chi connectivity index (χ2v) is 7.43. The molecule has 0 fully saturated rings. The van der Waals surface area contributed by atoms with Crippen molar-refractivity contribution >= 4 is 17.3 Å². The molecule has 1 aromatic heterocycles. The predicted octanol–water partition coefficient (Wildman–Crippen LogP) is 3.08. The van der Waals surface area contributed by atoms with Gasteiger partial charge in [-0.1, -0.05) is 0 Å². The van der Waals surface area contributed by atoms with E-state index in [-0.39, 0.29) is 0 Å². The van der Waals surface area contributed by atoms with Gasteiger partial charge in [-0.05, 0) is 26.8 Å². The molecule has 0 radical (unpaired) electrons. The number of thiazole rings is 1. The molecule has 2 rings (SSSR count). The van der Waals surface area contributed by atoms with Crippen LogP contribution in [0.3, 0.4) is 0 Å². The number of aliphatic imine (C=N–C) groups is 1. The highest BCUT2D eigenvalue weighted by molar-refractivity contribution is 7.11. The summed E-state index contributed by atoms with van der Waals surface area (Å²) in [5, 5.41) is 7.77. The fourth-order valence-corrected chi connectivity index (χ4v) is 3.59. The van der Waals surface area contributed by atoms with Crippen molar-refractivity contribution in [1.29, 1.82) is 0 Å². The van der Waals surface area contributed by atoms with E-state index in [1.165, 1.54) is 4.88 Å². The third kappa shape index (κ3) is 5.76. The Bertz CT molecular complexity index is 785. The van der Waals surface area contributed by atoms with E-state index in [0.29, 0.717) is 23.8 Å². The Labute approximate surface area is 171 Å². The molecule has 0 saturated heterocycles. The number of guanidine groups is 1. The van der Waals surface area contributed by atoms with Gasteiger partial charge in [0.15, 0.2) is 17.5 Å². The zero-order valence-electron chi connectivity index (χ0n) is 17.5. The summed E-state index contributed by atoms with van der Waals surface area (Å²) in [7, 11) is 4.86. The van der Waals surface area contributed by atoms with Crippen molar-refractivity contribution < 1.29 is 14.2 Å². The Kier molecular flexibility index (Phi) is 8.38. The summed E-state index contributed by atoms with van der Waals surface area (Å²) in [4.78, 5) is 10.5. The summed E-state index contributed by atoms with van der Waals surface area (Å²) in [6.45, 7) is 8.19. The molecule has 0 atom stereocenters.